The lowest BCUT2D eigenvalue weighted by molar-refractivity contribution is 0.0950. The summed E-state index contributed by atoms with van der Waals surface area (Å²) >= 11 is 1.19. The van der Waals surface area contributed by atoms with Crippen LogP contribution < -0.4 is 21.5 Å². The topological polar surface area (TPSA) is 112 Å². The summed E-state index contributed by atoms with van der Waals surface area (Å²) in [6, 6.07) is 16.0. The molecule has 0 aliphatic rings. The molecule has 0 saturated heterocycles. The number of hydrogen-bond donors (Lipinski definition) is 2. The van der Waals surface area contributed by atoms with Crippen molar-refractivity contribution in [2.75, 3.05) is 12.8 Å². The van der Waals surface area contributed by atoms with E-state index in [1.54, 1.807) is 61.0 Å². The van der Waals surface area contributed by atoms with Crippen molar-refractivity contribution < 1.29 is 9.53 Å². The van der Waals surface area contributed by atoms with E-state index >= 15 is 0 Å². The number of benzene rings is 2. The van der Waals surface area contributed by atoms with Gasteiger partial charge in [-0.25, -0.2) is 5.43 Å². The highest BCUT2D eigenvalue weighted by Crippen LogP contribution is 2.27. The molecular weight excluding hydrogens is 402 g/mol. The summed E-state index contributed by atoms with van der Waals surface area (Å²) < 4.78 is 6.28. The van der Waals surface area contributed by atoms with E-state index in [4.69, 9.17) is 10.5 Å². The quantitative estimate of drug-likeness (QED) is 0.382. The fraction of sp³-hybridized carbons (Fsp3) is 0.0476. The molecule has 2 heterocycles. The van der Waals surface area contributed by atoms with Crippen molar-refractivity contribution in [2.45, 2.75) is 0 Å². The maximum absolute atomic E-state index is 12.9. The van der Waals surface area contributed by atoms with Gasteiger partial charge in [0.15, 0.2) is 5.69 Å². The molecule has 0 atom stereocenters. The van der Waals surface area contributed by atoms with Crippen LogP contribution in [0.15, 0.2) is 69.9 Å². The lowest BCUT2D eigenvalue weighted by Gasteiger charge is -2.08. The van der Waals surface area contributed by atoms with Gasteiger partial charge in [-0.3, -0.25) is 9.59 Å². The zero-order valence-corrected chi connectivity index (χ0v) is 16.7. The number of para-hydroxylation sites is 1. The Bertz CT molecular complexity index is 1290. The summed E-state index contributed by atoms with van der Waals surface area (Å²) in [5, 5.41) is 10.9. The third-order valence-corrected chi connectivity index (χ3v) is 5.20. The molecule has 3 N–H and O–H groups in total. The Morgan fingerprint density at radius 2 is 1.93 bits per heavy atom. The maximum atomic E-state index is 12.9. The molecular formula is C21H17N5O3S. The number of anilines is 1. The number of fused-ring (bicyclic) bond motifs is 1. The molecule has 0 radical (unpaired) electrons. The lowest BCUT2D eigenvalue weighted by atomic mass is 10.2. The van der Waals surface area contributed by atoms with E-state index < -0.39 is 5.91 Å². The second-order valence-electron chi connectivity index (χ2n) is 6.26. The Labute approximate surface area is 175 Å². The molecule has 0 fully saturated rings. The number of aromatic nitrogens is 2. The standard InChI is InChI=1S/C21H17N5O3S/c1-29-15-9-7-13(8-10-15)11-23-24-20(27)18-16-12-30-19(22)17(16)21(28)26(25-18)14-5-3-2-4-6-14/h2-12H,22H2,1H3,(H,24,27)/b23-11-. The van der Waals surface area contributed by atoms with Gasteiger partial charge in [-0.1, -0.05) is 18.2 Å². The number of thiophene rings is 1. The van der Waals surface area contributed by atoms with Crippen LogP contribution in [-0.2, 0) is 0 Å². The highest BCUT2D eigenvalue weighted by molar-refractivity contribution is 7.15. The minimum absolute atomic E-state index is 0.0632. The van der Waals surface area contributed by atoms with E-state index in [-0.39, 0.29) is 16.6 Å². The SMILES string of the molecule is COc1ccc(/C=N\NC(=O)c2nn(-c3ccccc3)c(=O)c3c(N)scc23)cc1. The third-order valence-electron chi connectivity index (χ3n) is 4.39. The zero-order chi connectivity index (χ0) is 21.1. The number of nitrogen functional groups attached to an aromatic ring is 1. The Balaban J connectivity index is 1.69. The van der Waals surface area contributed by atoms with Crippen molar-refractivity contribution in [3.8, 4) is 11.4 Å². The number of hydrazone groups is 1. The fourth-order valence-corrected chi connectivity index (χ4v) is 3.68. The van der Waals surface area contributed by atoms with Crippen molar-refractivity contribution in [3.63, 3.8) is 0 Å². The average molecular weight is 419 g/mol. The molecule has 0 spiro atoms. The monoisotopic (exact) mass is 419 g/mol. The van der Waals surface area contributed by atoms with Crippen LogP contribution in [0.5, 0.6) is 5.75 Å². The number of nitrogens with one attached hydrogen (secondary N) is 1. The fourth-order valence-electron chi connectivity index (χ4n) is 2.89. The summed E-state index contributed by atoms with van der Waals surface area (Å²) in [5.74, 6) is 0.174. The number of methoxy groups -OCH3 is 1. The van der Waals surface area contributed by atoms with Crippen molar-refractivity contribution in [3.05, 3.63) is 81.6 Å². The van der Waals surface area contributed by atoms with Gasteiger partial charge in [-0.2, -0.15) is 14.9 Å². The summed E-state index contributed by atoms with van der Waals surface area (Å²) in [6.07, 6.45) is 1.50. The molecule has 30 heavy (non-hydrogen) atoms. The molecule has 0 unspecified atom stereocenters. The lowest BCUT2D eigenvalue weighted by Crippen LogP contribution is -2.28. The number of ether oxygens (including phenoxy) is 1. The highest BCUT2D eigenvalue weighted by Gasteiger charge is 2.20. The smallest absolute Gasteiger partial charge is 0.292 e. The number of nitrogens with zero attached hydrogens (tertiary/aromatic N) is 3. The van der Waals surface area contributed by atoms with Crippen LogP contribution in [0.1, 0.15) is 16.1 Å². The Kier molecular flexibility index (Phi) is 5.27. The molecule has 0 aliphatic carbocycles. The van der Waals surface area contributed by atoms with Gasteiger partial charge in [0.1, 0.15) is 5.75 Å². The molecule has 1 amide bonds. The van der Waals surface area contributed by atoms with Crippen LogP contribution in [0, 0.1) is 0 Å². The number of rotatable bonds is 5. The van der Waals surface area contributed by atoms with E-state index in [1.807, 2.05) is 6.07 Å². The molecule has 2 aromatic heterocycles. The first-order valence-corrected chi connectivity index (χ1v) is 9.79. The van der Waals surface area contributed by atoms with Gasteiger partial charge in [-0.05, 0) is 42.0 Å². The Morgan fingerprint density at radius 1 is 1.20 bits per heavy atom. The molecule has 150 valence electrons. The minimum Gasteiger partial charge on any atom is -0.497 e. The summed E-state index contributed by atoms with van der Waals surface area (Å²) in [5.41, 5.74) is 9.46. The summed E-state index contributed by atoms with van der Waals surface area (Å²) in [7, 11) is 1.59. The van der Waals surface area contributed by atoms with Crippen LogP contribution in [0.3, 0.4) is 0 Å². The molecule has 2 aromatic carbocycles. The summed E-state index contributed by atoms with van der Waals surface area (Å²) in [6.45, 7) is 0. The van der Waals surface area contributed by atoms with Gasteiger partial charge < -0.3 is 10.5 Å². The predicted octanol–water partition coefficient (Wildman–Crippen LogP) is 2.80. The minimum atomic E-state index is -0.549. The third kappa shape index (κ3) is 3.65. The number of carbonyl (C=O) groups excluding carboxylic acids is 1. The molecule has 0 saturated carbocycles. The molecule has 0 bridgehead atoms. The van der Waals surface area contributed by atoms with Crippen LogP contribution in [0.4, 0.5) is 5.00 Å². The van der Waals surface area contributed by atoms with Crippen molar-refractivity contribution >= 4 is 39.2 Å². The second-order valence-corrected chi connectivity index (χ2v) is 7.17. The average Bonchev–Trinajstić information content (AvgIpc) is 3.17. The first-order chi connectivity index (χ1) is 14.6. The van der Waals surface area contributed by atoms with Crippen LogP contribution in [-0.4, -0.2) is 29.0 Å². The van der Waals surface area contributed by atoms with E-state index in [0.29, 0.717) is 16.1 Å². The number of nitrogens with two attached hydrogens (primary N) is 1. The first-order valence-electron chi connectivity index (χ1n) is 8.91. The second kappa shape index (κ2) is 8.18. The van der Waals surface area contributed by atoms with E-state index in [1.165, 1.54) is 22.2 Å². The van der Waals surface area contributed by atoms with Gasteiger partial charge in [0.05, 0.1) is 29.4 Å². The number of hydrogen-bond acceptors (Lipinski definition) is 7. The van der Waals surface area contributed by atoms with Gasteiger partial charge in [0.2, 0.25) is 0 Å². The van der Waals surface area contributed by atoms with Crippen LogP contribution in [0.2, 0.25) is 0 Å². The van der Waals surface area contributed by atoms with Gasteiger partial charge >= 0.3 is 0 Å². The number of carbonyl (C=O) groups is 1. The number of amides is 1. The summed E-state index contributed by atoms with van der Waals surface area (Å²) in [4.78, 5) is 25.7. The maximum Gasteiger partial charge on any atom is 0.292 e. The van der Waals surface area contributed by atoms with E-state index in [0.717, 1.165) is 11.3 Å². The van der Waals surface area contributed by atoms with E-state index in [9.17, 15) is 9.59 Å². The molecule has 0 aliphatic heterocycles. The van der Waals surface area contributed by atoms with Gasteiger partial charge in [0.25, 0.3) is 11.5 Å². The molecule has 4 aromatic rings. The van der Waals surface area contributed by atoms with Gasteiger partial charge in [0, 0.05) is 10.8 Å². The molecule has 8 nitrogen and oxygen atoms in total. The predicted molar refractivity (Wildman–Crippen MR) is 118 cm³/mol. The molecule has 9 heteroatoms. The molecule has 4 rings (SSSR count). The first kappa shape index (κ1) is 19.3. The highest BCUT2D eigenvalue weighted by atomic mass is 32.1. The van der Waals surface area contributed by atoms with E-state index in [2.05, 4.69) is 15.6 Å². The van der Waals surface area contributed by atoms with Crippen LogP contribution in [0.25, 0.3) is 16.5 Å². The van der Waals surface area contributed by atoms with Gasteiger partial charge in [-0.15, -0.1) is 11.3 Å². The van der Waals surface area contributed by atoms with Crippen molar-refractivity contribution in [1.29, 1.82) is 0 Å². The Hall–Kier alpha value is -3.98. The zero-order valence-electron chi connectivity index (χ0n) is 15.9. The largest absolute Gasteiger partial charge is 0.497 e. The van der Waals surface area contributed by atoms with Crippen LogP contribution >= 0.6 is 11.3 Å². The Morgan fingerprint density at radius 3 is 2.63 bits per heavy atom. The van der Waals surface area contributed by atoms with Crippen molar-refractivity contribution in [1.82, 2.24) is 15.2 Å². The normalized spacial score (nSPS) is 11.1. The van der Waals surface area contributed by atoms with Crippen molar-refractivity contribution in [2.24, 2.45) is 5.10 Å².